The first kappa shape index (κ1) is 21.7. The van der Waals surface area contributed by atoms with Crippen LogP contribution in [0, 0.1) is 0 Å². The van der Waals surface area contributed by atoms with Crippen molar-refractivity contribution in [3.05, 3.63) is 35.0 Å². The molecule has 2 rings (SSSR count). The zero-order chi connectivity index (χ0) is 20.6. The fraction of sp³-hybridized carbons (Fsp3) is 0.471. The van der Waals surface area contributed by atoms with Crippen molar-refractivity contribution in [3.8, 4) is 5.88 Å². The minimum Gasteiger partial charge on any atom is -0.475 e. The molecular formula is C17H23F3N6OS. The van der Waals surface area contributed by atoms with Crippen molar-refractivity contribution in [2.45, 2.75) is 19.6 Å². The number of nitrogens with zero attached hydrogens (tertiary/aromatic N) is 4. The molecule has 0 aliphatic carbocycles. The summed E-state index contributed by atoms with van der Waals surface area (Å²) in [5.41, 5.74) is -0.0544. The van der Waals surface area contributed by atoms with Gasteiger partial charge in [0.2, 0.25) is 5.88 Å². The van der Waals surface area contributed by atoms with Crippen LogP contribution in [0.25, 0.3) is 0 Å². The topological polar surface area (TPSA) is 74.7 Å². The van der Waals surface area contributed by atoms with Crippen molar-refractivity contribution in [2.24, 2.45) is 4.99 Å². The van der Waals surface area contributed by atoms with E-state index >= 15 is 0 Å². The maximum absolute atomic E-state index is 12.9. The fourth-order valence-corrected chi connectivity index (χ4v) is 2.86. The highest BCUT2D eigenvalue weighted by atomic mass is 32.1. The molecule has 2 heterocycles. The second-order valence-corrected chi connectivity index (χ2v) is 6.68. The quantitative estimate of drug-likeness (QED) is 0.392. The average molecular weight is 416 g/mol. The molecule has 0 aliphatic rings. The highest BCUT2D eigenvalue weighted by Crippen LogP contribution is 2.34. The minimum absolute atomic E-state index is 0.00594. The van der Waals surface area contributed by atoms with Gasteiger partial charge in [-0.05, 0) is 19.1 Å². The molecule has 0 bridgehead atoms. The van der Waals surface area contributed by atoms with Crippen LogP contribution in [0.3, 0.4) is 0 Å². The van der Waals surface area contributed by atoms with E-state index in [1.54, 1.807) is 0 Å². The van der Waals surface area contributed by atoms with Crippen molar-refractivity contribution >= 4 is 22.4 Å². The third kappa shape index (κ3) is 6.55. The largest absolute Gasteiger partial charge is 0.475 e. The Morgan fingerprint density at radius 1 is 1.32 bits per heavy atom. The zero-order valence-electron chi connectivity index (χ0n) is 15.9. The van der Waals surface area contributed by atoms with Crippen molar-refractivity contribution in [3.63, 3.8) is 0 Å². The van der Waals surface area contributed by atoms with Gasteiger partial charge in [0.1, 0.15) is 12.2 Å². The van der Waals surface area contributed by atoms with Crippen LogP contribution in [0.4, 0.5) is 18.3 Å². The van der Waals surface area contributed by atoms with Crippen LogP contribution < -0.4 is 20.3 Å². The highest BCUT2D eigenvalue weighted by Gasteiger charge is 2.34. The van der Waals surface area contributed by atoms with Gasteiger partial charge in [-0.3, -0.25) is 0 Å². The molecule has 11 heteroatoms. The van der Waals surface area contributed by atoms with Crippen LogP contribution in [0.5, 0.6) is 5.88 Å². The highest BCUT2D eigenvalue weighted by molar-refractivity contribution is 7.13. The molecule has 0 saturated heterocycles. The summed E-state index contributed by atoms with van der Waals surface area (Å²) in [6.07, 6.45) is -3.24. The molecular weight excluding hydrogens is 393 g/mol. The van der Waals surface area contributed by atoms with Crippen LogP contribution in [0.15, 0.2) is 28.7 Å². The second kappa shape index (κ2) is 10.1. The van der Waals surface area contributed by atoms with Gasteiger partial charge in [-0.2, -0.15) is 13.2 Å². The maximum atomic E-state index is 12.9. The molecule has 0 unspecified atom stereocenters. The van der Waals surface area contributed by atoms with E-state index in [1.807, 2.05) is 31.3 Å². The molecule has 0 aliphatic heterocycles. The summed E-state index contributed by atoms with van der Waals surface area (Å²) >= 11 is 1.53. The lowest BCUT2D eigenvalue weighted by atomic mass is 10.2. The Kier molecular flexibility index (Phi) is 7.85. The van der Waals surface area contributed by atoms with Gasteiger partial charge in [0.05, 0.1) is 18.8 Å². The average Bonchev–Trinajstić information content (AvgIpc) is 3.12. The molecule has 0 aromatic carbocycles. The minimum atomic E-state index is -4.51. The van der Waals surface area contributed by atoms with Crippen molar-refractivity contribution in [2.75, 3.05) is 38.7 Å². The SMILES string of the molecule is CCNC(=NCc1csc(N(C)C)n1)NCCOc1ncccc1C(F)(F)F. The van der Waals surface area contributed by atoms with E-state index in [-0.39, 0.29) is 13.2 Å². The number of thiazole rings is 1. The number of nitrogens with one attached hydrogen (secondary N) is 2. The third-order valence-electron chi connectivity index (χ3n) is 3.38. The number of rotatable bonds is 8. The second-order valence-electron chi connectivity index (χ2n) is 5.84. The fourth-order valence-electron chi connectivity index (χ4n) is 2.11. The number of hydrogen-bond acceptors (Lipinski definition) is 6. The summed E-state index contributed by atoms with van der Waals surface area (Å²) in [5.74, 6) is 0.0972. The third-order valence-corrected chi connectivity index (χ3v) is 4.43. The van der Waals surface area contributed by atoms with Crippen LogP contribution in [0.2, 0.25) is 0 Å². The van der Waals surface area contributed by atoms with E-state index < -0.39 is 17.6 Å². The normalized spacial score (nSPS) is 12.0. The number of halogens is 3. The lowest BCUT2D eigenvalue weighted by Gasteiger charge is -2.14. The Labute approximate surface area is 165 Å². The predicted octanol–water partition coefficient (Wildman–Crippen LogP) is 2.76. The number of hydrogen-bond donors (Lipinski definition) is 2. The molecule has 0 saturated carbocycles. The number of aliphatic imine (C=N–C) groups is 1. The summed E-state index contributed by atoms with van der Waals surface area (Å²) in [7, 11) is 3.84. The molecule has 28 heavy (non-hydrogen) atoms. The van der Waals surface area contributed by atoms with Crippen molar-refractivity contribution < 1.29 is 17.9 Å². The first-order chi connectivity index (χ1) is 13.3. The van der Waals surface area contributed by atoms with Crippen molar-refractivity contribution in [1.82, 2.24) is 20.6 Å². The molecule has 0 fully saturated rings. The van der Waals surface area contributed by atoms with E-state index in [0.717, 1.165) is 16.9 Å². The Balaban J connectivity index is 1.88. The van der Waals surface area contributed by atoms with Gasteiger partial charge in [0.15, 0.2) is 11.1 Å². The number of anilines is 1. The number of pyridine rings is 1. The summed E-state index contributed by atoms with van der Waals surface area (Å²) in [6.45, 7) is 3.22. The van der Waals surface area contributed by atoms with Gasteiger partial charge >= 0.3 is 6.18 Å². The van der Waals surface area contributed by atoms with Gasteiger partial charge in [-0.25, -0.2) is 15.0 Å². The van der Waals surface area contributed by atoms with E-state index in [0.29, 0.717) is 19.0 Å². The summed E-state index contributed by atoms with van der Waals surface area (Å²) in [4.78, 5) is 14.5. The molecule has 0 spiro atoms. The smallest absolute Gasteiger partial charge is 0.421 e. The molecule has 0 amide bonds. The molecule has 2 N–H and O–H groups in total. The van der Waals surface area contributed by atoms with E-state index in [1.165, 1.54) is 23.6 Å². The standard InChI is InChI=1S/C17H23F3N6OS/c1-4-21-15(24-10-12-11-28-16(25-12)26(2)3)23-8-9-27-14-13(17(18,19)20)6-5-7-22-14/h5-7,11H,4,8-10H2,1-3H3,(H2,21,23,24). The summed E-state index contributed by atoms with van der Waals surface area (Å²) < 4.78 is 44.0. The van der Waals surface area contributed by atoms with Gasteiger partial charge < -0.3 is 20.3 Å². The van der Waals surface area contributed by atoms with Gasteiger partial charge in [-0.15, -0.1) is 11.3 Å². The molecule has 2 aromatic heterocycles. The molecule has 0 atom stereocenters. The van der Waals surface area contributed by atoms with Crippen molar-refractivity contribution in [1.29, 1.82) is 0 Å². The van der Waals surface area contributed by atoms with Gasteiger partial charge in [0, 0.05) is 32.2 Å². The molecule has 7 nitrogen and oxygen atoms in total. The Hall–Kier alpha value is -2.56. The van der Waals surface area contributed by atoms with Crippen LogP contribution >= 0.6 is 11.3 Å². The van der Waals surface area contributed by atoms with E-state index in [9.17, 15) is 13.2 Å². The first-order valence-electron chi connectivity index (χ1n) is 8.60. The van der Waals surface area contributed by atoms with Crippen LogP contribution in [-0.4, -0.2) is 49.7 Å². The number of aromatic nitrogens is 2. The lowest BCUT2D eigenvalue weighted by Crippen LogP contribution is -2.39. The van der Waals surface area contributed by atoms with Crippen LogP contribution in [0.1, 0.15) is 18.2 Å². The van der Waals surface area contributed by atoms with Crippen LogP contribution in [-0.2, 0) is 12.7 Å². The maximum Gasteiger partial charge on any atom is 0.421 e. The Morgan fingerprint density at radius 3 is 2.75 bits per heavy atom. The lowest BCUT2D eigenvalue weighted by molar-refractivity contribution is -0.139. The molecule has 0 radical (unpaired) electrons. The first-order valence-corrected chi connectivity index (χ1v) is 9.48. The Bertz CT molecular complexity index is 778. The number of guanidine groups is 1. The summed E-state index contributed by atoms with van der Waals surface area (Å²) in [5, 5.41) is 8.92. The molecule has 154 valence electrons. The van der Waals surface area contributed by atoms with Gasteiger partial charge in [0.25, 0.3) is 0 Å². The number of ether oxygens (including phenoxy) is 1. The predicted molar refractivity (Wildman–Crippen MR) is 104 cm³/mol. The zero-order valence-corrected chi connectivity index (χ0v) is 16.7. The van der Waals surface area contributed by atoms with E-state index in [4.69, 9.17) is 4.74 Å². The van der Waals surface area contributed by atoms with E-state index in [2.05, 4.69) is 25.6 Å². The monoisotopic (exact) mass is 416 g/mol. The van der Waals surface area contributed by atoms with Gasteiger partial charge in [-0.1, -0.05) is 0 Å². The Morgan fingerprint density at radius 2 is 2.11 bits per heavy atom. The molecule has 2 aromatic rings. The number of alkyl halides is 3. The summed E-state index contributed by atoms with van der Waals surface area (Å²) in [6, 6.07) is 2.17.